The van der Waals surface area contributed by atoms with E-state index in [1.807, 2.05) is 13.8 Å². The van der Waals surface area contributed by atoms with Crippen LogP contribution in [0.4, 0.5) is 0 Å². The van der Waals surface area contributed by atoms with Gasteiger partial charge in [-0.1, -0.05) is 53.2 Å². The van der Waals surface area contributed by atoms with Crippen molar-refractivity contribution in [3.63, 3.8) is 0 Å². The molecule has 0 amide bonds. The Kier molecular flexibility index (Phi) is 25.5. The Morgan fingerprint density at radius 3 is 1.30 bits per heavy atom. The number of rotatable bonds is 23. The van der Waals surface area contributed by atoms with Crippen LogP contribution in [0.1, 0.15) is 107 Å². The first kappa shape index (κ1) is 80.9. The molecule has 0 aromatic carbocycles. The highest BCUT2D eigenvalue weighted by molar-refractivity contribution is 5.32. The van der Waals surface area contributed by atoms with Crippen molar-refractivity contribution >= 4 is 0 Å². The van der Waals surface area contributed by atoms with E-state index in [4.69, 9.17) is 56.8 Å². The number of aliphatic hydroxyl groups excluding tert-OH is 21. The molecule has 0 radical (unpaired) electrons. The minimum Gasteiger partial charge on any atom is -0.394 e. The second kappa shape index (κ2) is 31.5. The van der Waals surface area contributed by atoms with E-state index in [1.165, 1.54) is 13.8 Å². The Morgan fingerprint density at radius 1 is 0.460 bits per heavy atom. The number of aliphatic hydroxyl groups is 22. The van der Waals surface area contributed by atoms with Crippen molar-refractivity contribution in [1.29, 1.82) is 0 Å². The van der Waals surface area contributed by atoms with Crippen LogP contribution in [0.5, 0.6) is 0 Å². The lowest BCUT2D eigenvalue weighted by molar-refractivity contribution is -0.380. The standard InChI is InChI=1S/C66H112O34/c1-24(9-13-37(63(4,5)88)98-61-55(100-59-53(87)47(81)41(75)31(21-70)94-59)49(83)43(77)33(96-61)23-90-57-51(85)45(79)39(73)29(19-68)92-57)25-15-16-64(6)34-12-10-26-27(66(34,8)35(71)17-65(25,64)7)11-14-36(62(26,2)3)97-60-54(99-58-52(86)46(80)40(74)30(20-69)93-58)48(82)42(76)32(95-60)22-89-56-50(84)44(78)38(72)28(18-67)91-56/h10,24-25,27-61,67-88H,9,11-23H2,1-8H3/t24-,25-,27-,28-,29-,30-,31-,32-,33-,34+,35-,36+,37?,38-,39-,40-,41-,42-,43-,44+,45+,46+,47+,48+,49+,50-,51-,52-,53-,54-,55-,56-,57-,58+,59+,60+,61+,64+,65-,66+/m1/s1. The zero-order valence-electron chi connectivity index (χ0n) is 57.6. The zero-order chi connectivity index (χ0) is 73.5. The summed E-state index contributed by atoms with van der Waals surface area (Å²) in [5.74, 6) is -0.322. The van der Waals surface area contributed by atoms with E-state index in [-0.39, 0.29) is 35.5 Å². The van der Waals surface area contributed by atoms with E-state index in [1.54, 1.807) is 0 Å². The fraction of sp³-hybridized carbons (Fsp3) is 0.970. The van der Waals surface area contributed by atoms with Gasteiger partial charge in [0.25, 0.3) is 0 Å². The molecule has 0 aromatic rings. The Hall–Kier alpha value is -1.62. The molecule has 34 heteroatoms. The Balaban J connectivity index is 0.853. The van der Waals surface area contributed by atoms with Crippen LogP contribution in [0.3, 0.4) is 0 Å². The van der Waals surface area contributed by atoms with Crippen LogP contribution in [0.2, 0.25) is 0 Å². The van der Waals surface area contributed by atoms with E-state index in [0.717, 1.165) is 18.4 Å². The lowest BCUT2D eigenvalue weighted by atomic mass is 9.38. The summed E-state index contributed by atoms with van der Waals surface area (Å²) in [4.78, 5) is 0. The first-order valence-corrected chi connectivity index (χ1v) is 35.1. The van der Waals surface area contributed by atoms with Crippen LogP contribution in [-0.2, 0) is 56.8 Å². The predicted molar refractivity (Wildman–Crippen MR) is 333 cm³/mol. The highest BCUT2D eigenvalue weighted by Crippen LogP contribution is 2.75. The zero-order valence-corrected chi connectivity index (χ0v) is 57.6. The van der Waals surface area contributed by atoms with Gasteiger partial charge in [-0.25, -0.2) is 0 Å². The fourth-order valence-corrected chi connectivity index (χ4v) is 18.5. The van der Waals surface area contributed by atoms with Crippen molar-refractivity contribution in [2.24, 2.45) is 45.3 Å². The molecule has 6 heterocycles. The molecule has 40 atom stereocenters. The molecular formula is C66H112O34. The third kappa shape index (κ3) is 14.8. The smallest absolute Gasteiger partial charge is 0.187 e. The molecule has 0 aromatic heterocycles. The van der Waals surface area contributed by atoms with Gasteiger partial charge in [0.1, 0.15) is 146 Å². The predicted octanol–water partition coefficient (Wildman–Crippen LogP) is -7.58. The summed E-state index contributed by atoms with van der Waals surface area (Å²) in [5.41, 5.74) is -3.02. The molecule has 4 aliphatic carbocycles. The number of allylic oxidation sites excluding steroid dienone is 1. The molecule has 0 spiro atoms. The maximum atomic E-state index is 13.0. The second-order valence-corrected chi connectivity index (χ2v) is 31.5. The van der Waals surface area contributed by atoms with E-state index in [9.17, 15) is 112 Å². The molecule has 1 unspecified atom stereocenters. The third-order valence-corrected chi connectivity index (χ3v) is 25.0. The highest BCUT2D eigenvalue weighted by atomic mass is 16.8. The molecule has 3 saturated carbocycles. The quantitative estimate of drug-likeness (QED) is 0.0423. The highest BCUT2D eigenvalue weighted by Gasteiger charge is 2.71. The van der Waals surface area contributed by atoms with Crippen LogP contribution in [0.15, 0.2) is 11.6 Å². The third-order valence-electron chi connectivity index (χ3n) is 25.0. The average molecular weight is 1450 g/mol. The lowest BCUT2D eigenvalue weighted by Crippen LogP contribution is -2.66. The monoisotopic (exact) mass is 1450 g/mol. The van der Waals surface area contributed by atoms with Crippen molar-refractivity contribution in [3.8, 4) is 0 Å². The van der Waals surface area contributed by atoms with Crippen molar-refractivity contribution in [2.45, 2.75) is 315 Å². The SMILES string of the molecule is C[C@H](CCC(O[C@@H]1O[C@H](CO[C@@H]2O[C@H](CO)[C@@H](O)[C@H](O)[C@H]2O)[C@@H](O)[C@H](O)[C@H]1O[C@@H]1O[C@H](CO)[C@@H](O)[C@H](O)[C@H]1O)C(C)(C)O)[C@H]1CC[C@@]2(C)[C@@H]3CC=C4[C@@H](CC[C@H](O[C@@H]5O[C@H](CO[C@@H]6O[C@H](CO)[C@@H](O)[C@H](O)[C@H]6O)[C@@H](O)[C@H](O)[C@H]5O[C@@H]5O[C@H](CO)[C@@H](O)[C@H](O)[C@H]5O)C4(C)C)[C@]3(C)[C@H](O)C[C@]12C. The first-order chi connectivity index (χ1) is 46.9. The maximum absolute atomic E-state index is 13.0. The summed E-state index contributed by atoms with van der Waals surface area (Å²) in [7, 11) is 0. The summed E-state index contributed by atoms with van der Waals surface area (Å²) < 4.78 is 72.0. The summed E-state index contributed by atoms with van der Waals surface area (Å²) in [5, 5.41) is 239. The Labute approximate surface area is 579 Å². The van der Waals surface area contributed by atoms with Gasteiger partial charge in [0.15, 0.2) is 37.7 Å². The average Bonchev–Trinajstić information content (AvgIpc) is 1.33. The second-order valence-electron chi connectivity index (χ2n) is 31.5. The molecule has 100 heavy (non-hydrogen) atoms. The van der Waals surface area contributed by atoms with E-state index in [2.05, 4.69) is 33.8 Å². The first-order valence-electron chi connectivity index (χ1n) is 35.1. The largest absolute Gasteiger partial charge is 0.394 e. The number of hydrogen-bond donors (Lipinski definition) is 22. The van der Waals surface area contributed by atoms with E-state index in [0.29, 0.717) is 32.1 Å². The van der Waals surface area contributed by atoms with E-state index < -0.39 is 264 Å². The lowest BCUT2D eigenvalue weighted by Gasteiger charge is -2.67. The maximum Gasteiger partial charge on any atom is 0.187 e. The van der Waals surface area contributed by atoms with Gasteiger partial charge in [-0.3, -0.25) is 0 Å². The summed E-state index contributed by atoms with van der Waals surface area (Å²) >= 11 is 0. The normalized spacial score (nSPS) is 52.1. The summed E-state index contributed by atoms with van der Waals surface area (Å²) in [6.07, 6.45) is -48.7. The summed E-state index contributed by atoms with van der Waals surface area (Å²) in [6.45, 7) is 11.3. The Morgan fingerprint density at radius 2 is 0.860 bits per heavy atom. The van der Waals surface area contributed by atoms with Crippen LogP contribution >= 0.6 is 0 Å². The van der Waals surface area contributed by atoms with Crippen molar-refractivity contribution in [2.75, 3.05) is 39.6 Å². The number of ether oxygens (including phenoxy) is 12. The van der Waals surface area contributed by atoms with Gasteiger partial charge in [-0.2, -0.15) is 0 Å². The Bertz CT molecular complexity index is 2670. The topological polar surface area (TPSA) is 556 Å². The molecule has 580 valence electrons. The van der Waals surface area contributed by atoms with Gasteiger partial charge in [0, 0.05) is 10.8 Å². The van der Waals surface area contributed by atoms with E-state index >= 15 is 0 Å². The van der Waals surface area contributed by atoms with Crippen molar-refractivity contribution in [1.82, 2.24) is 0 Å². The van der Waals surface area contributed by atoms with Gasteiger partial charge in [-0.05, 0) is 99.7 Å². The molecule has 6 saturated heterocycles. The molecule has 34 nitrogen and oxygen atoms in total. The molecule has 10 rings (SSSR count). The van der Waals surface area contributed by atoms with Crippen molar-refractivity contribution < 1.29 is 169 Å². The molecule has 22 N–H and O–H groups in total. The molecular weight excluding hydrogens is 1340 g/mol. The van der Waals surface area contributed by atoms with Gasteiger partial charge < -0.3 is 169 Å². The van der Waals surface area contributed by atoms with Crippen LogP contribution in [0, 0.1) is 45.3 Å². The van der Waals surface area contributed by atoms with Crippen molar-refractivity contribution in [3.05, 3.63) is 11.6 Å². The van der Waals surface area contributed by atoms with Gasteiger partial charge >= 0.3 is 0 Å². The van der Waals surface area contributed by atoms with Crippen LogP contribution < -0.4 is 0 Å². The minimum atomic E-state index is -1.99. The minimum absolute atomic E-state index is 0.00756. The fourth-order valence-electron chi connectivity index (χ4n) is 18.5. The van der Waals surface area contributed by atoms with Crippen LogP contribution in [-0.4, -0.2) is 360 Å². The van der Waals surface area contributed by atoms with Gasteiger partial charge in [-0.15, -0.1) is 0 Å². The molecule has 10 aliphatic rings. The molecule has 0 bridgehead atoms. The summed E-state index contributed by atoms with van der Waals surface area (Å²) in [6, 6.07) is 0. The van der Waals surface area contributed by atoms with Crippen LogP contribution in [0.25, 0.3) is 0 Å². The van der Waals surface area contributed by atoms with Gasteiger partial charge in [0.05, 0.1) is 63.6 Å². The van der Waals surface area contributed by atoms with Gasteiger partial charge in [0.2, 0.25) is 0 Å². The molecule has 6 aliphatic heterocycles. The number of hydrogen-bond acceptors (Lipinski definition) is 34. The number of fused-ring (bicyclic) bond motifs is 5. The molecule has 9 fully saturated rings.